The SMILES string of the molecule is Cc1ccc(C(=O)/C=C/c2cn(S(=O)(=O)c3ccc([N+](=O)[O-])cc3)c3ccc(N4CCOCC4)cc23)cn1. The third-order valence-electron chi connectivity index (χ3n) is 6.38. The molecule has 0 radical (unpaired) electrons. The fourth-order valence-electron chi connectivity index (χ4n) is 4.29. The van der Waals surface area contributed by atoms with Crippen molar-refractivity contribution in [3.05, 3.63) is 100 Å². The zero-order valence-electron chi connectivity index (χ0n) is 20.5. The number of hydrogen-bond donors (Lipinski definition) is 0. The third kappa shape index (κ3) is 4.93. The minimum Gasteiger partial charge on any atom is -0.378 e. The van der Waals surface area contributed by atoms with Gasteiger partial charge < -0.3 is 9.64 Å². The van der Waals surface area contributed by atoms with Crippen LogP contribution in [0.5, 0.6) is 0 Å². The van der Waals surface area contributed by atoms with E-state index in [-0.39, 0.29) is 16.4 Å². The number of aromatic nitrogens is 2. The molecule has 2 aromatic heterocycles. The number of allylic oxidation sites excluding steroid dienone is 1. The number of rotatable bonds is 7. The molecule has 0 unspecified atom stereocenters. The first kappa shape index (κ1) is 25.3. The van der Waals surface area contributed by atoms with Crippen LogP contribution < -0.4 is 4.90 Å². The summed E-state index contributed by atoms with van der Waals surface area (Å²) in [4.78, 5) is 29.4. The third-order valence-corrected chi connectivity index (χ3v) is 8.06. The van der Waals surface area contributed by atoms with Crippen molar-refractivity contribution >= 4 is 44.2 Å². The van der Waals surface area contributed by atoms with E-state index in [4.69, 9.17) is 4.74 Å². The van der Waals surface area contributed by atoms with Crippen LogP contribution in [0.4, 0.5) is 11.4 Å². The summed E-state index contributed by atoms with van der Waals surface area (Å²) in [6.07, 6.45) is 5.95. The standard InChI is InChI=1S/C27H24N4O6S/c1-19-2-3-20(17-28-19)27(32)11-4-21-18-30(38(35,36)24-8-5-22(6-9-24)31(33)34)26-10-7-23(16-25(21)26)29-12-14-37-15-13-29/h2-11,16-18H,12-15H2,1H3/b11-4+. The van der Waals surface area contributed by atoms with Gasteiger partial charge in [-0.2, -0.15) is 0 Å². The first-order valence-corrected chi connectivity index (χ1v) is 13.3. The van der Waals surface area contributed by atoms with Gasteiger partial charge in [-0.15, -0.1) is 0 Å². The Balaban J connectivity index is 1.59. The highest BCUT2D eigenvalue weighted by Crippen LogP contribution is 2.31. The van der Waals surface area contributed by atoms with Crippen LogP contribution in [-0.2, 0) is 14.8 Å². The van der Waals surface area contributed by atoms with E-state index in [9.17, 15) is 23.3 Å². The molecule has 194 valence electrons. The monoisotopic (exact) mass is 532 g/mol. The molecule has 38 heavy (non-hydrogen) atoms. The Labute approximate surface area is 219 Å². The van der Waals surface area contributed by atoms with Crippen molar-refractivity contribution < 1.29 is 22.9 Å². The summed E-state index contributed by atoms with van der Waals surface area (Å²) >= 11 is 0. The Morgan fingerprint density at radius 2 is 1.82 bits per heavy atom. The number of anilines is 1. The minimum atomic E-state index is -4.09. The van der Waals surface area contributed by atoms with Crippen LogP contribution in [0.25, 0.3) is 17.0 Å². The average molecular weight is 533 g/mol. The fraction of sp³-hybridized carbons (Fsp3) is 0.185. The minimum absolute atomic E-state index is 0.0883. The van der Waals surface area contributed by atoms with Crippen LogP contribution in [0.3, 0.4) is 0 Å². The van der Waals surface area contributed by atoms with Crippen molar-refractivity contribution in [3.8, 4) is 0 Å². The number of carbonyl (C=O) groups excluding carboxylic acids is 1. The molecule has 1 aliphatic rings. The molecule has 1 saturated heterocycles. The van der Waals surface area contributed by atoms with Crippen molar-refractivity contribution in [2.24, 2.45) is 0 Å². The predicted octanol–water partition coefficient (Wildman–Crippen LogP) is 4.22. The first-order valence-electron chi connectivity index (χ1n) is 11.9. The van der Waals surface area contributed by atoms with Crippen molar-refractivity contribution in [1.29, 1.82) is 0 Å². The van der Waals surface area contributed by atoms with Crippen LogP contribution in [0.15, 0.2) is 78.0 Å². The molecule has 0 amide bonds. The Kier molecular flexibility index (Phi) is 6.79. The summed E-state index contributed by atoms with van der Waals surface area (Å²) < 4.78 is 33.8. The number of non-ortho nitro benzene ring substituents is 1. The maximum absolute atomic E-state index is 13.6. The fourth-order valence-corrected chi connectivity index (χ4v) is 5.67. The van der Waals surface area contributed by atoms with Crippen molar-refractivity contribution in [1.82, 2.24) is 8.96 Å². The summed E-state index contributed by atoms with van der Waals surface area (Å²) in [5, 5.41) is 11.7. The smallest absolute Gasteiger partial charge is 0.269 e. The number of ether oxygens (including phenoxy) is 1. The zero-order valence-corrected chi connectivity index (χ0v) is 21.3. The number of hydrogen-bond acceptors (Lipinski definition) is 8. The van der Waals surface area contributed by atoms with E-state index in [2.05, 4.69) is 9.88 Å². The molecule has 2 aromatic carbocycles. The van der Waals surface area contributed by atoms with Gasteiger partial charge >= 0.3 is 0 Å². The molecule has 10 nitrogen and oxygen atoms in total. The van der Waals surface area contributed by atoms with E-state index >= 15 is 0 Å². The number of benzene rings is 2. The molecule has 4 aromatic rings. The van der Waals surface area contributed by atoms with E-state index in [1.165, 1.54) is 30.6 Å². The molecule has 3 heterocycles. The molecule has 0 atom stereocenters. The number of carbonyl (C=O) groups is 1. The van der Waals surface area contributed by atoms with E-state index in [0.717, 1.165) is 27.5 Å². The lowest BCUT2D eigenvalue weighted by Gasteiger charge is -2.29. The number of fused-ring (bicyclic) bond motifs is 1. The lowest BCUT2D eigenvalue weighted by molar-refractivity contribution is -0.384. The van der Waals surface area contributed by atoms with Gasteiger partial charge in [0, 0.05) is 65.5 Å². The molecule has 5 rings (SSSR count). The predicted molar refractivity (Wildman–Crippen MR) is 143 cm³/mol. The number of morpholine rings is 1. The molecule has 0 N–H and O–H groups in total. The van der Waals surface area contributed by atoms with Gasteiger partial charge in [-0.3, -0.25) is 19.9 Å². The van der Waals surface area contributed by atoms with Gasteiger partial charge in [0.2, 0.25) is 0 Å². The van der Waals surface area contributed by atoms with Gasteiger partial charge in [0.15, 0.2) is 5.78 Å². The van der Waals surface area contributed by atoms with E-state index < -0.39 is 14.9 Å². The second-order valence-corrected chi connectivity index (χ2v) is 10.6. The normalized spacial score (nSPS) is 14.3. The number of ketones is 1. The largest absolute Gasteiger partial charge is 0.378 e. The summed E-state index contributed by atoms with van der Waals surface area (Å²) in [6, 6.07) is 13.7. The average Bonchev–Trinajstić information content (AvgIpc) is 3.31. The molecule has 0 saturated carbocycles. The van der Waals surface area contributed by atoms with Crippen molar-refractivity contribution in [2.45, 2.75) is 11.8 Å². The van der Waals surface area contributed by atoms with Crippen molar-refractivity contribution in [2.75, 3.05) is 31.2 Å². The summed E-state index contributed by atoms with van der Waals surface area (Å²) in [5.41, 5.74) is 2.88. The summed E-state index contributed by atoms with van der Waals surface area (Å²) in [5.74, 6) is -0.263. The lowest BCUT2D eigenvalue weighted by Crippen LogP contribution is -2.36. The van der Waals surface area contributed by atoms with Gasteiger partial charge in [0.05, 0.1) is 28.5 Å². The maximum atomic E-state index is 13.6. The molecule has 1 fully saturated rings. The number of nitro groups is 1. The molecule has 0 spiro atoms. The summed E-state index contributed by atoms with van der Waals surface area (Å²) in [7, 11) is -4.09. The summed E-state index contributed by atoms with van der Waals surface area (Å²) in [6.45, 7) is 4.43. The molecule has 0 aliphatic carbocycles. The van der Waals surface area contributed by atoms with Gasteiger partial charge in [0.1, 0.15) is 0 Å². The van der Waals surface area contributed by atoms with Crippen molar-refractivity contribution in [3.63, 3.8) is 0 Å². The topological polar surface area (TPSA) is 125 Å². The van der Waals surface area contributed by atoms with Crippen LogP contribution in [0.1, 0.15) is 21.6 Å². The quantitative estimate of drug-likeness (QED) is 0.150. The van der Waals surface area contributed by atoms with Gasteiger partial charge in [-0.1, -0.05) is 0 Å². The van der Waals surface area contributed by atoms with Gasteiger partial charge in [0.25, 0.3) is 15.7 Å². The Morgan fingerprint density at radius 1 is 1.08 bits per heavy atom. The Bertz CT molecular complexity index is 1650. The molecule has 11 heteroatoms. The molecular weight excluding hydrogens is 508 g/mol. The highest BCUT2D eigenvalue weighted by molar-refractivity contribution is 7.90. The number of aryl methyl sites for hydroxylation is 1. The molecule has 0 bridgehead atoms. The van der Waals surface area contributed by atoms with Gasteiger partial charge in [-0.05, 0) is 61.5 Å². The number of nitro benzene ring substituents is 1. The Hall–Kier alpha value is -4.35. The highest BCUT2D eigenvalue weighted by atomic mass is 32.2. The van der Waals surface area contributed by atoms with Gasteiger partial charge in [-0.25, -0.2) is 12.4 Å². The Morgan fingerprint density at radius 3 is 2.47 bits per heavy atom. The molecular formula is C27H24N4O6S. The zero-order chi connectivity index (χ0) is 26.9. The van der Waals surface area contributed by atoms with Crippen LogP contribution in [0.2, 0.25) is 0 Å². The second kappa shape index (κ2) is 10.2. The highest BCUT2D eigenvalue weighted by Gasteiger charge is 2.23. The number of nitrogens with zero attached hydrogens (tertiary/aromatic N) is 4. The van der Waals surface area contributed by atoms with Crippen LogP contribution in [-0.4, -0.2) is 54.4 Å². The van der Waals surface area contributed by atoms with E-state index in [0.29, 0.717) is 48.3 Å². The first-order chi connectivity index (χ1) is 18.2. The second-order valence-electron chi connectivity index (χ2n) is 8.82. The lowest BCUT2D eigenvalue weighted by atomic mass is 10.1. The van der Waals surface area contributed by atoms with E-state index in [1.54, 1.807) is 24.3 Å². The van der Waals surface area contributed by atoms with E-state index in [1.807, 2.05) is 19.1 Å². The maximum Gasteiger partial charge on any atom is 0.269 e. The number of pyridine rings is 1. The molecule has 1 aliphatic heterocycles. The van der Waals surface area contributed by atoms with Crippen LogP contribution >= 0.6 is 0 Å². The van der Waals surface area contributed by atoms with Crippen LogP contribution in [0, 0.1) is 17.0 Å².